The Hall–Kier alpha value is -3.15. The van der Waals surface area contributed by atoms with Crippen molar-refractivity contribution in [2.75, 3.05) is 24.7 Å². The van der Waals surface area contributed by atoms with Gasteiger partial charge in [-0.1, -0.05) is 24.3 Å². The number of aryl methyl sites for hydroxylation is 1. The molecule has 25 heavy (non-hydrogen) atoms. The first-order valence-corrected chi connectivity index (χ1v) is 8.20. The molecule has 0 saturated heterocycles. The van der Waals surface area contributed by atoms with Gasteiger partial charge in [0.05, 0.1) is 17.9 Å². The first kappa shape index (κ1) is 15.4. The maximum Gasteiger partial charge on any atom is 0.275 e. The molecule has 2 aromatic rings. The van der Waals surface area contributed by atoms with E-state index in [4.69, 9.17) is 4.74 Å². The summed E-state index contributed by atoms with van der Waals surface area (Å²) in [5.41, 5.74) is 3.19. The third-order valence-electron chi connectivity index (χ3n) is 4.13. The first-order valence-electron chi connectivity index (χ1n) is 8.20. The van der Waals surface area contributed by atoms with Crippen LogP contribution in [0.2, 0.25) is 0 Å². The lowest BCUT2D eigenvalue weighted by atomic mass is 10.1. The standard InChI is InChI=1S/C19H18N4O2/c1-13-7-8-16-15(11-13)22-17-18(20-12-21-19(17)24)23(16)9-10-25-14-5-3-2-4-6-14/h2-8,11H,9-10,12H2,1H3,(H,21,24). The summed E-state index contributed by atoms with van der Waals surface area (Å²) >= 11 is 0. The Bertz CT molecular complexity index is 874. The average molecular weight is 334 g/mol. The average Bonchev–Trinajstić information content (AvgIpc) is 2.63. The smallest absolute Gasteiger partial charge is 0.275 e. The van der Waals surface area contributed by atoms with Crippen LogP contribution in [0.15, 0.2) is 58.5 Å². The van der Waals surface area contributed by atoms with E-state index in [2.05, 4.69) is 15.3 Å². The molecular formula is C19H18N4O2. The second kappa shape index (κ2) is 6.39. The molecule has 0 saturated carbocycles. The predicted molar refractivity (Wildman–Crippen MR) is 98.0 cm³/mol. The highest BCUT2D eigenvalue weighted by Crippen LogP contribution is 2.34. The topological polar surface area (TPSA) is 66.3 Å². The molecule has 0 fully saturated rings. The third-order valence-corrected chi connectivity index (χ3v) is 4.13. The maximum absolute atomic E-state index is 12.2. The summed E-state index contributed by atoms with van der Waals surface area (Å²) in [5, 5.41) is 2.71. The number of para-hydroxylation sites is 1. The lowest BCUT2D eigenvalue weighted by Gasteiger charge is -2.33. The fraction of sp³-hybridized carbons (Fsp3) is 0.211. The van der Waals surface area contributed by atoms with Gasteiger partial charge in [0.2, 0.25) is 0 Å². The van der Waals surface area contributed by atoms with Crippen LogP contribution in [-0.2, 0) is 4.79 Å². The van der Waals surface area contributed by atoms with E-state index >= 15 is 0 Å². The summed E-state index contributed by atoms with van der Waals surface area (Å²) < 4.78 is 5.82. The molecule has 1 amide bonds. The van der Waals surface area contributed by atoms with E-state index in [1.165, 1.54) is 0 Å². The van der Waals surface area contributed by atoms with Crippen molar-refractivity contribution in [3.05, 3.63) is 54.1 Å². The molecule has 0 aliphatic carbocycles. The second-order valence-corrected chi connectivity index (χ2v) is 5.91. The Labute approximate surface area is 145 Å². The summed E-state index contributed by atoms with van der Waals surface area (Å²) in [6, 6.07) is 15.7. The fourth-order valence-electron chi connectivity index (χ4n) is 2.94. The number of nitrogens with one attached hydrogen (secondary N) is 1. The molecule has 0 aromatic heterocycles. The van der Waals surface area contributed by atoms with Gasteiger partial charge in [-0.2, -0.15) is 0 Å². The largest absolute Gasteiger partial charge is 0.492 e. The molecular weight excluding hydrogens is 316 g/mol. The SMILES string of the molecule is Cc1ccc2c(c1)N=C1C(=O)NCN=C1N2CCOc1ccccc1. The van der Waals surface area contributed by atoms with E-state index in [1.807, 2.05) is 60.4 Å². The number of carbonyl (C=O) groups excluding carboxylic acids is 1. The van der Waals surface area contributed by atoms with Gasteiger partial charge in [-0.05, 0) is 36.8 Å². The van der Waals surface area contributed by atoms with Crippen LogP contribution < -0.4 is 15.0 Å². The molecule has 0 atom stereocenters. The van der Waals surface area contributed by atoms with E-state index in [1.54, 1.807) is 0 Å². The van der Waals surface area contributed by atoms with Gasteiger partial charge in [0.25, 0.3) is 5.91 Å². The zero-order valence-electron chi connectivity index (χ0n) is 13.9. The van der Waals surface area contributed by atoms with Crippen molar-refractivity contribution >= 4 is 28.8 Å². The Morgan fingerprint density at radius 3 is 2.88 bits per heavy atom. The Balaban J connectivity index is 1.62. The summed E-state index contributed by atoms with van der Waals surface area (Å²) in [6.07, 6.45) is 0. The minimum Gasteiger partial charge on any atom is -0.492 e. The van der Waals surface area contributed by atoms with E-state index in [-0.39, 0.29) is 12.6 Å². The maximum atomic E-state index is 12.2. The third kappa shape index (κ3) is 2.98. The molecule has 0 radical (unpaired) electrons. The van der Waals surface area contributed by atoms with Crippen LogP contribution in [0.5, 0.6) is 5.75 Å². The van der Waals surface area contributed by atoms with Gasteiger partial charge in [0.15, 0.2) is 11.5 Å². The van der Waals surface area contributed by atoms with Gasteiger partial charge in [0, 0.05) is 0 Å². The summed E-state index contributed by atoms with van der Waals surface area (Å²) in [6.45, 7) is 3.33. The molecule has 2 aliphatic heterocycles. The van der Waals surface area contributed by atoms with Crippen LogP contribution in [0, 0.1) is 6.92 Å². The van der Waals surface area contributed by atoms with E-state index in [0.717, 1.165) is 22.7 Å². The number of anilines is 1. The van der Waals surface area contributed by atoms with Crippen LogP contribution in [0.25, 0.3) is 0 Å². The molecule has 4 rings (SSSR count). The van der Waals surface area contributed by atoms with Crippen LogP contribution >= 0.6 is 0 Å². The van der Waals surface area contributed by atoms with Crippen LogP contribution in [0.3, 0.4) is 0 Å². The van der Waals surface area contributed by atoms with Gasteiger partial charge in [-0.3, -0.25) is 4.79 Å². The molecule has 6 heteroatoms. The van der Waals surface area contributed by atoms with Gasteiger partial charge in [0.1, 0.15) is 19.0 Å². The van der Waals surface area contributed by atoms with Gasteiger partial charge in [-0.15, -0.1) is 0 Å². The van der Waals surface area contributed by atoms with Gasteiger partial charge in [-0.25, -0.2) is 9.98 Å². The quantitative estimate of drug-likeness (QED) is 0.934. The molecule has 2 heterocycles. The van der Waals surface area contributed by atoms with Gasteiger partial charge >= 0.3 is 0 Å². The molecule has 126 valence electrons. The molecule has 2 aromatic carbocycles. The number of carbonyl (C=O) groups is 1. The van der Waals surface area contributed by atoms with Crippen molar-refractivity contribution in [3.8, 4) is 5.75 Å². The number of rotatable bonds is 4. The van der Waals surface area contributed by atoms with Crippen molar-refractivity contribution in [2.45, 2.75) is 6.92 Å². The first-order chi connectivity index (χ1) is 12.2. The number of fused-ring (bicyclic) bond motifs is 2. The van der Waals surface area contributed by atoms with Gasteiger partial charge < -0.3 is 15.0 Å². The summed E-state index contributed by atoms with van der Waals surface area (Å²) in [4.78, 5) is 23.2. The van der Waals surface area contributed by atoms with Crippen molar-refractivity contribution in [2.24, 2.45) is 9.98 Å². The number of hydrogen-bond acceptors (Lipinski definition) is 5. The molecule has 0 bridgehead atoms. The van der Waals surface area contributed by atoms with Crippen molar-refractivity contribution in [3.63, 3.8) is 0 Å². The minimum atomic E-state index is -0.189. The van der Waals surface area contributed by atoms with E-state index < -0.39 is 0 Å². The molecule has 1 N–H and O–H groups in total. The second-order valence-electron chi connectivity index (χ2n) is 5.91. The van der Waals surface area contributed by atoms with Crippen LogP contribution in [0.1, 0.15) is 5.56 Å². The Morgan fingerprint density at radius 2 is 2.04 bits per heavy atom. The zero-order valence-corrected chi connectivity index (χ0v) is 13.9. The zero-order chi connectivity index (χ0) is 17.2. The highest BCUT2D eigenvalue weighted by molar-refractivity contribution is 6.70. The fourth-order valence-corrected chi connectivity index (χ4v) is 2.94. The Morgan fingerprint density at radius 1 is 1.20 bits per heavy atom. The highest BCUT2D eigenvalue weighted by Gasteiger charge is 2.32. The molecule has 6 nitrogen and oxygen atoms in total. The minimum absolute atomic E-state index is 0.189. The molecule has 0 spiro atoms. The number of amidine groups is 1. The normalized spacial score (nSPS) is 15.6. The van der Waals surface area contributed by atoms with Crippen LogP contribution in [0.4, 0.5) is 11.4 Å². The predicted octanol–water partition coefficient (Wildman–Crippen LogP) is 2.45. The number of benzene rings is 2. The number of ether oxygens (including phenoxy) is 1. The Kier molecular flexibility index (Phi) is 3.93. The van der Waals surface area contributed by atoms with Crippen molar-refractivity contribution in [1.29, 1.82) is 0 Å². The lowest BCUT2D eigenvalue weighted by Crippen LogP contribution is -2.51. The van der Waals surface area contributed by atoms with E-state index in [9.17, 15) is 4.79 Å². The number of hydrogen-bond donors (Lipinski definition) is 1. The summed E-state index contributed by atoms with van der Waals surface area (Å²) in [5.74, 6) is 1.24. The lowest BCUT2D eigenvalue weighted by molar-refractivity contribution is -0.114. The number of aliphatic imine (C=N–C) groups is 2. The van der Waals surface area contributed by atoms with Crippen molar-refractivity contribution in [1.82, 2.24) is 5.32 Å². The van der Waals surface area contributed by atoms with Crippen molar-refractivity contribution < 1.29 is 9.53 Å². The molecule has 0 unspecified atom stereocenters. The van der Waals surface area contributed by atoms with Crippen LogP contribution in [-0.4, -0.2) is 37.3 Å². The summed E-state index contributed by atoms with van der Waals surface area (Å²) in [7, 11) is 0. The highest BCUT2D eigenvalue weighted by atomic mass is 16.5. The van der Waals surface area contributed by atoms with E-state index in [0.29, 0.717) is 24.7 Å². The number of amides is 1. The monoisotopic (exact) mass is 334 g/mol. The number of nitrogens with zero attached hydrogens (tertiary/aromatic N) is 3. The molecule has 2 aliphatic rings.